The first-order chi connectivity index (χ1) is 10.1. The van der Waals surface area contributed by atoms with Gasteiger partial charge in [-0.05, 0) is 48.9 Å². The van der Waals surface area contributed by atoms with Gasteiger partial charge in [0.1, 0.15) is 0 Å². The van der Waals surface area contributed by atoms with Crippen molar-refractivity contribution in [2.45, 2.75) is 26.3 Å². The van der Waals surface area contributed by atoms with E-state index in [0.717, 1.165) is 17.9 Å². The number of amides is 1. The molecule has 1 fully saturated rings. The fraction of sp³-hybridized carbons (Fsp3) is 0.438. The maximum atomic E-state index is 12.2. The van der Waals surface area contributed by atoms with Crippen LogP contribution in [0, 0.1) is 12.8 Å². The smallest absolute Gasteiger partial charge is 0.223 e. The van der Waals surface area contributed by atoms with Crippen LogP contribution in [0.4, 0.5) is 0 Å². The summed E-state index contributed by atoms with van der Waals surface area (Å²) in [7, 11) is 0. The lowest BCUT2D eigenvalue weighted by atomic mass is 9.99. The standard InChI is InChI=1S/C16H18ClNO2S/c1-10-13-8-12(17)2-3-14(13)21-15(10)9-18-16(19)11-4-6-20-7-5-11/h2-3,8,11H,4-7,9H2,1H3,(H,18,19). The van der Waals surface area contributed by atoms with Crippen molar-refractivity contribution in [3.63, 3.8) is 0 Å². The zero-order valence-electron chi connectivity index (χ0n) is 11.9. The molecule has 1 amide bonds. The first-order valence-corrected chi connectivity index (χ1v) is 8.37. The second kappa shape index (κ2) is 6.34. The number of thiophene rings is 1. The largest absolute Gasteiger partial charge is 0.381 e. The summed E-state index contributed by atoms with van der Waals surface area (Å²) in [6.07, 6.45) is 1.65. The Balaban J connectivity index is 1.70. The molecule has 1 aromatic carbocycles. The molecule has 21 heavy (non-hydrogen) atoms. The Morgan fingerprint density at radius 1 is 1.43 bits per heavy atom. The number of ether oxygens (including phenoxy) is 1. The third-order valence-corrected chi connectivity index (χ3v) is 5.52. The summed E-state index contributed by atoms with van der Waals surface area (Å²) in [6, 6.07) is 5.94. The van der Waals surface area contributed by atoms with Crippen LogP contribution in [0.1, 0.15) is 23.3 Å². The van der Waals surface area contributed by atoms with Gasteiger partial charge in [0.2, 0.25) is 5.91 Å². The molecule has 2 aromatic rings. The van der Waals surface area contributed by atoms with Crippen LogP contribution < -0.4 is 5.32 Å². The maximum absolute atomic E-state index is 12.2. The predicted molar refractivity (Wildman–Crippen MR) is 87.0 cm³/mol. The molecule has 0 bridgehead atoms. The topological polar surface area (TPSA) is 38.3 Å². The Morgan fingerprint density at radius 2 is 2.19 bits per heavy atom. The van der Waals surface area contributed by atoms with Gasteiger partial charge in [-0.2, -0.15) is 0 Å². The van der Waals surface area contributed by atoms with Crippen LogP contribution in [0.15, 0.2) is 18.2 Å². The number of hydrogen-bond donors (Lipinski definition) is 1. The van der Waals surface area contributed by atoms with E-state index in [1.807, 2.05) is 18.2 Å². The summed E-state index contributed by atoms with van der Waals surface area (Å²) >= 11 is 7.78. The van der Waals surface area contributed by atoms with Gasteiger partial charge < -0.3 is 10.1 Å². The minimum absolute atomic E-state index is 0.0999. The Bertz CT molecular complexity index is 662. The molecule has 0 aliphatic carbocycles. The van der Waals surface area contributed by atoms with Crippen LogP contribution in [0.3, 0.4) is 0 Å². The Hall–Kier alpha value is -1.10. The lowest BCUT2D eigenvalue weighted by Crippen LogP contribution is -2.33. The average Bonchev–Trinajstić information content (AvgIpc) is 2.82. The highest BCUT2D eigenvalue weighted by Crippen LogP contribution is 2.32. The molecular formula is C16H18ClNO2S. The van der Waals surface area contributed by atoms with Gasteiger partial charge in [-0.1, -0.05) is 11.6 Å². The Morgan fingerprint density at radius 3 is 2.95 bits per heavy atom. The normalized spacial score (nSPS) is 16.3. The zero-order valence-corrected chi connectivity index (χ0v) is 13.5. The van der Waals surface area contributed by atoms with E-state index in [-0.39, 0.29) is 11.8 Å². The van der Waals surface area contributed by atoms with Crippen LogP contribution in [-0.2, 0) is 16.1 Å². The van der Waals surface area contributed by atoms with Crippen molar-refractivity contribution in [1.29, 1.82) is 0 Å². The van der Waals surface area contributed by atoms with E-state index < -0.39 is 0 Å². The van der Waals surface area contributed by atoms with Gasteiger partial charge in [0.15, 0.2) is 0 Å². The van der Waals surface area contributed by atoms with Crippen molar-refractivity contribution in [3.05, 3.63) is 33.7 Å². The molecular weight excluding hydrogens is 306 g/mol. The molecule has 0 unspecified atom stereocenters. The third kappa shape index (κ3) is 3.23. The minimum Gasteiger partial charge on any atom is -0.381 e. The summed E-state index contributed by atoms with van der Waals surface area (Å²) in [5.41, 5.74) is 1.21. The second-order valence-electron chi connectivity index (χ2n) is 5.40. The summed E-state index contributed by atoms with van der Waals surface area (Å²) < 4.78 is 6.51. The van der Waals surface area contributed by atoms with E-state index in [9.17, 15) is 4.79 Å². The molecule has 3 rings (SSSR count). The zero-order chi connectivity index (χ0) is 14.8. The molecule has 0 radical (unpaired) electrons. The van der Waals surface area contributed by atoms with Gasteiger partial charge in [0.25, 0.3) is 0 Å². The lowest BCUT2D eigenvalue weighted by Gasteiger charge is -2.21. The molecule has 3 nitrogen and oxygen atoms in total. The number of rotatable bonds is 3. The van der Waals surface area contributed by atoms with Crippen molar-refractivity contribution >= 4 is 38.9 Å². The number of carbonyl (C=O) groups is 1. The molecule has 2 heterocycles. The van der Waals surface area contributed by atoms with E-state index in [1.165, 1.54) is 20.5 Å². The van der Waals surface area contributed by atoms with Crippen molar-refractivity contribution < 1.29 is 9.53 Å². The lowest BCUT2D eigenvalue weighted by molar-refractivity contribution is -0.128. The van der Waals surface area contributed by atoms with Gasteiger partial charge in [0, 0.05) is 33.7 Å². The van der Waals surface area contributed by atoms with Crippen LogP contribution in [-0.4, -0.2) is 19.1 Å². The highest BCUT2D eigenvalue weighted by atomic mass is 35.5. The number of carbonyl (C=O) groups excluding carboxylic acids is 1. The first-order valence-electron chi connectivity index (χ1n) is 7.18. The van der Waals surface area contributed by atoms with E-state index in [4.69, 9.17) is 16.3 Å². The fourth-order valence-corrected chi connectivity index (χ4v) is 3.99. The molecule has 1 N–H and O–H groups in total. The van der Waals surface area contributed by atoms with Crippen LogP contribution in [0.5, 0.6) is 0 Å². The van der Waals surface area contributed by atoms with Crippen LogP contribution in [0.25, 0.3) is 10.1 Å². The predicted octanol–water partition coefficient (Wildman–Crippen LogP) is 3.91. The Labute approximate surface area is 133 Å². The molecule has 1 aliphatic rings. The number of benzene rings is 1. The van der Waals surface area contributed by atoms with Crippen molar-refractivity contribution in [1.82, 2.24) is 5.32 Å². The molecule has 112 valence electrons. The Kier molecular flexibility index (Phi) is 4.48. The molecule has 0 spiro atoms. The van der Waals surface area contributed by atoms with Crippen LogP contribution in [0.2, 0.25) is 5.02 Å². The maximum Gasteiger partial charge on any atom is 0.223 e. The van der Waals surface area contributed by atoms with Crippen LogP contribution >= 0.6 is 22.9 Å². The summed E-state index contributed by atoms with van der Waals surface area (Å²) in [5, 5.41) is 5.00. The number of aryl methyl sites for hydroxylation is 1. The van der Waals surface area contributed by atoms with Gasteiger partial charge in [-0.3, -0.25) is 4.79 Å². The fourth-order valence-electron chi connectivity index (χ4n) is 2.68. The third-order valence-electron chi connectivity index (χ3n) is 4.01. The van der Waals surface area contributed by atoms with Gasteiger partial charge in [-0.25, -0.2) is 0 Å². The quantitative estimate of drug-likeness (QED) is 0.930. The average molecular weight is 324 g/mol. The number of halogens is 1. The summed E-state index contributed by atoms with van der Waals surface area (Å²) in [5.74, 6) is 0.246. The highest BCUT2D eigenvalue weighted by molar-refractivity contribution is 7.19. The molecule has 0 saturated carbocycles. The summed E-state index contributed by atoms with van der Waals surface area (Å²) in [6.45, 7) is 4.07. The van der Waals surface area contributed by atoms with Crippen molar-refractivity contribution in [3.8, 4) is 0 Å². The van der Waals surface area contributed by atoms with Gasteiger partial charge in [0.05, 0.1) is 6.54 Å². The molecule has 1 aromatic heterocycles. The summed E-state index contributed by atoms with van der Waals surface area (Å²) in [4.78, 5) is 13.4. The van der Waals surface area contributed by atoms with E-state index in [0.29, 0.717) is 19.8 Å². The van der Waals surface area contributed by atoms with Gasteiger partial charge in [-0.15, -0.1) is 11.3 Å². The first kappa shape index (κ1) is 14.8. The van der Waals surface area contributed by atoms with Crippen molar-refractivity contribution in [2.24, 2.45) is 5.92 Å². The van der Waals surface area contributed by atoms with E-state index >= 15 is 0 Å². The monoisotopic (exact) mass is 323 g/mol. The number of nitrogens with one attached hydrogen (secondary N) is 1. The van der Waals surface area contributed by atoms with E-state index in [1.54, 1.807) is 11.3 Å². The minimum atomic E-state index is 0.0999. The van der Waals surface area contributed by atoms with E-state index in [2.05, 4.69) is 12.2 Å². The van der Waals surface area contributed by atoms with Crippen molar-refractivity contribution in [2.75, 3.05) is 13.2 Å². The number of hydrogen-bond acceptors (Lipinski definition) is 3. The molecule has 5 heteroatoms. The molecule has 1 saturated heterocycles. The SMILES string of the molecule is Cc1c(CNC(=O)C2CCOCC2)sc2ccc(Cl)cc12. The molecule has 1 aliphatic heterocycles. The molecule has 0 atom stereocenters. The second-order valence-corrected chi connectivity index (χ2v) is 6.97. The number of fused-ring (bicyclic) bond motifs is 1. The van der Waals surface area contributed by atoms with Gasteiger partial charge >= 0.3 is 0 Å². The highest BCUT2D eigenvalue weighted by Gasteiger charge is 2.21.